The van der Waals surface area contributed by atoms with Crippen LogP contribution in [0.2, 0.25) is 0 Å². The standard InChI is InChI=1S/C25H29N3O2/c1-16-9-7-10-17(2)24(16)28-23(29)15-26-25(30)19(4)27-18(3)21-14-8-12-20-11-5-6-13-22(20)21/h5-14,18-19,27H,15H2,1-4H3,(H,26,30)(H,28,29)/p+1/t18-,19-/m0/s1. The molecule has 3 rings (SSSR count). The Morgan fingerprint density at radius 3 is 2.27 bits per heavy atom. The SMILES string of the molecule is Cc1cccc(C)c1NC(=O)CNC(=O)[C@H](C)[NH2+][C@@H](C)c1cccc2ccccc12. The van der Waals surface area contributed by atoms with Gasteiger partial charge in [0.2, 0.25) is 5.91 Å². The van der Waals surface area contributed by atoms with Gasteiger partial charge in [-0.25, -0.2) is 0 Å². The van der Waals surface area contributed by atoms with Crippen molar-refractivity contribution in [3.8, 4) is 0 Å². The molecule has 0 aliphatic heterocycles. The molecule has 0 fully saturated rings. The number of fused-ring (bicyclic) bond motifs is 1. The van der Waals surface area contributed by atoms with Crippen LogP contribution in [-0.2, 0) is 9.59 Å². The van der Waals surface area contributed by atoms with Crippen molar-refractivity contribution in [3.05, 3.63) is 77.4 Å². The van der Waals surface area contributed by atoms with Crippen molar-refractivity contribution < 1.29 is 14.9 Å². The molecule has 2 amide bonds. The van der Waals surface area contributed by atoms with Gasteiger partial charge in [0.15, 0.2) is 6.04 Å². The molecule has 0 aromatic heterocycles. The quantitative estimate of drug-likeness (QED) is 0.566. The van der Waals surface area contributed by atoms with Gasteiger partial charge in [0.1, 0.15) is 6.04 Å². The third kappa shape index (κ3) is 5.05. The average molecular weight is 405 g/mol. The van der Waals surface area contributed by atoms with Crippen molar-refractivity contribution in [2.75, 3.05) is 11.9 Å². The van der Waals surface area contributed by atoms with E-state index in [-0.39, 0.29) is 30.4 Å². The van der Waals surface area contributed by atoms with Gasteiger partial charge in [0.05, 0.1) is 6.54 Å². The Morgan fingerprint density at radius 2 is 1.53 bits per heavy atom. The van der Waals surface area contributed by atoms with Gasteiger partial charge in [-0.05, 0) is 49.6 Å². The van der Waals surface area contributed by atoms with Gasteiger partial charge in [0.25, 0.3) is 5.91 Å². The molecule has 2 atom stereocenters. The van der Waals surface area contributed by atoms with Gasteiger partial charge in [-0.15, -0.1) is 0 Å². The number of nitrogens with one attached hydrogen (secondary N) is 2. The molecule has 3 aromatic carbocycles. The maximum atomic E-state index is 12.5. The minimum Gasteiger partial charge on any atom is -0.342 e. The predicted molar refractivity (Wildman–Crippen MR) is 121 cm³/mol. The minimum atomic E-state index is -0.313. The highest BCUT2D eigenvalue weighted by molar-refractivity contribution is 5.96. The number of carbonyl (C=O) groups is 2. The zero-order valence-electron chi connectivity index (χ0n) is 18.0. The largest absolute Gasteiger partial charge is 0.342 e. The Bertz CT molecular complexity index is 1040. The summed E-state index contributed by atoms with van der Waals surface area (Å²) in [7, 11) is 0. The normalized spacial score (nSPS) is 12.9. The fraction of sp³-hybridized carbons (Fsp3) is 0.280. The number of rotatable bonds is 7. The molecule has 0 saturated heterocycles. The molecular weight excluding hydrogens is 374 g/mol. The van der Waals surface area contributed by atoms with E-state index in [0.717, 1.165) is 16.8 Å². The molecule has 0 aliphatic carbocycles. The molecule has 0 unspecified atom stereocenters. The lowest BCUT2D eigenvalue weighted by molar-refractivity contribution is -0.710. The molecule has 5 nitrogen and oxygen atoms in total. The van der Waals surface area contributed by atoms with Crippen LogP contribution in [0.1, 0.15) is 36.6 Å². The average Bonchev–Trinajstić information content (AvgIpc) is 2.74. The van der Waals surface area contributed by atoms with E-state index in [4.69, 9.17) is 0 Å². The lowest BCUT2D eigenvalue weighted by Crippen LogP contribution is -2.92. The van der Waals surface area contributed by atoms with Crippen molar-refractivity contribution in [1.82, 2.24) is 5.32 Å². The first kappa shape index (κ1) is 21.5. The highest BCUT2D eigenvalue weighted by atomic mass is 16.2. The summed E-state index contributed by atoms with van der Waals surface area (Å²) in [6, 6.07) is 20.2. The van der Waals surface area contributed by atoms with E-state index in [1.165, 1.54) is 16.3 Å². The summed E-state index contributed by atoms with van der Waals surface area (Å²) in [6.45, 7) is 7.81. The van der Waals surface area contributed by atoms with Crippen LogP contribution in [0, 0.1) is 13.8 Å². The summed E-state index contributed by atoms with van der Waals surface area (Å²) in [6.07, 6.45) is 0. The summed E-state index contributed by atoms with van der Waals surface area (Å²) < 4.78 is 0. The number of amides is 2. The Labute approximate surface area is 177 Å². The predicted octanol–water partition coefficient (Wildman–Crippen LogP) is 3.22. The third-order valence-electron chi connectivity index (χ3n) is 5.47. The molecular formula is C25H30N3O2+. The second-order valence-corrected chi connectivity index (χ2v) is 7.87. The Morgan fingerprint density at radius 1 is 0.900 bits per heavy atom. The van der Waals surface area contributed by atoms with E-state index in [0.29, 0.717) is 0 Å². The van der Waals surface area contributed by atoms with Crippen molar-refractivity contribution in [2.45, 2.75) is 39.8 Å². The molecule has 4 N–H and O–H groups in total. The number of aryl methyl sites for hydroxylation is 2. The van der Waals surface area contributed by atoms with Gasteiger partial charge < -0.3 is 16.0 Å². The summed E-state index contributed by atoms with van der Waals surface area (Å²) in [4.78, 5) is 24.8. The van der Waals surface area contributed by atoms with Crippen LogP contribution in [0.25, 0.3) is 10.8 Å². The van der Waals surface area contributed by atoms with Crippen LogP contribution >= 0.6 is 0 Å². The summed E-state index contributed by atoms with van der Waals surface area (Å²) >= 11 is 0. The second kappa shape index (κ2) is 9.55. The first-order valence-corrected chi connectivity index (χ1v) is 10.3. The van der Waals surface area contributed by atoms with Crippen LogP contribution in [0.15, 0.2) is 60.7 Å². The summed E-state index contributed by atoms with van der Waals surface area (Å²) in [5, 5.41) is 10.1. The second-order valence-electron chi connectivity index (χ2n) is 7.87. The van der Waals surface area contributed by atoms with Crippen LogP contribution in [0.5, 0.6) is 0 Å². The van der Waals surface area contributed by atoms with Gasteiger partial charge in [-0.3, -0.25) is 9.59 Å². The molecule has 0 bridgehead atoms. The number of anilines is 1. The topological polar surface area (TPSA) is 74.8 Å². The van der Waals surface area contributed by atoms with E-state index in [1.807, 2.05) is 62.5 Å². The molecule has 156 valence electrons. The lowest BCUT2D eigenvalue weighted by atomic mass is 9.99. The van der Waals surface area contributed by atoms with Crippen molar-refractivity contribution in [3.63, 3.8) is 0 Å². The number of para-hydroxylation sites is 1. The van der Waals surface area contributed by atoms with Gasteiger partial charge in [0, 0.05) is 11.3 Å². The van der Waals surface area contributed by atoms with Gasteiger partial charge in [-0.2, -0.15) is 0 Å². The molecule has 3 aromatic rings. The maximum Gasteiger partial charge on any atom is 0.278 e. The smallest absolute Gasteiger partial charge is 0.278 e. The minimum absolute atomic E-state index is 0.0482. The molecule has 0 heterocycles. The lowest BCUT2D eigenvalue weighted by Gasteiger charge is -2.18. The number of benzene rings is 3. The Balaban J connectivity index is 1.56. The van der Waals surface area contributed by atoms with E-state index in [1.54, 1.807) is 0 Å². The fourth-order valence-corrected chi connectivity index (χ4v) is 3.80. The fourth-order valence-electron chi connectivity index (χ4n) is 3.80. The first-order valence-electron chi connectivity index (χ1n) is 10.3. The first-order chi connectivity index (χ1) is 14.4. The molecule has 0 radical (unpaired) electrons. The molecule has 0 aliphatic rings. The summed E-state index contributed by atoms with van der Waals surface area (Å²) in [5.41, 5.74) is 4.00. The summed E-state index contributed by atoms with van der Waals surface area (Å²) in [5.74, 6) is -0.381. The van der Waals surface area contributed by atoms with Gasteiger partial charge in [-0.1, -0.05) is 60.7 Å². The van der Waals surface area contributed by atoms with Crippen molar-refractivity contribution in [1.29, 1.82) is 0 Å². The van der Waals surface area contributed by atoms with Crippen molar-refractivity contribution in [2.24, 2.45) is 0 Å². The molecule has 30 heavy (non-hydrogen) atoms. The number of nitrogens with two attached hydrogens (primary N) is 1. The van der Waals surface area contributed by atoms with Crippen LogP contribution in [0.4, 0.5) is 5.69 Å². The monoisotopic (exact) mass is 404 g/mol. The molecule has 0 spiro atoms. The van der Waals surface area contributed by atoms with E-state index < -0.39 is 0 Å². The van der Waals surface area contributed by atoms with Crippen LogP contribution in [-0.4, -0.2) is 24.4 Å². The van der Waals surface area contributed by atoms with E-state index in [9.17, 15) is 9.59 Å². The maximum absolute atomic E-state index is 12.5. The Hall–Kier alpha value is -3.18. The number of quaternary nitrogens is 1. The Kier molecular flexibility index (Phi) is 6.85. The van der Waals surface area contributed by atoms with E-state index in [2.05, 4.69) is 41.8 Å². The van der Waals surface area contributed by atoms with Crippen LogP contribution in [0.3, 0.4) is 0 Å². The number of carbonyl (C=O) groups excluding carboxylic acids is 2. The highest BCUT2D eigenvalue weighted by Gasteiger charge is 2.22. The van der Waals surface area contributed by atoms with Crippen molar-refractivity contribution >= 4 is 28.3 Å². The van der Waals surface area contributed by atoms with Crippen LogP contribution < -0.4 is 16.0 Å². The number of hydrogen-bond donors (Lipinski definition) is 3. The molecule has 5 heteroatoms. The zero-order chi connectivity index (χ0) is 21.7. The zero-order valence-corrected chi connectivity index (χ0v) is 18.0. The molecule has 0 saturated carbocycles. The highest BCUT2D eigenvalue weighted by Crippen LogP contribution is 2.22. The van der Waals surface area contributed by atoms with E-state index >= 15 is 0 Å². The van der Waals surface area contributed by atoms with Gasteiger partial charge >= 0.3 is 0 Å². The number of hydrogen-bond acceptors (Lipinski definition) is 2. The third-order valence-corrected chi connectivity index (χ3v) is 5.47.